The molecule has 0 spiro atoms. The van der Waals surface area contributed by atoms with E-state index in [0.29, 0.717) is 6.54 Å². The van der Waals surface area contributed by atoms with E-state index in [1.165, 1.54) is 19.2 Å². The van der Waals surface area contributed by atoms with Crippen molar-refractivity contribution in [1.82, 2.24) is 10.3 Å². The Hall–Kier alpha value is -2.27. The van der Waals surface area contributed by atoms with Crippen LogP contribution in [0, 0.1) is 5.82 Å². The molecule has 1 aromatic carbocycles. The number of benzene rings is 1. The normalized spacial score (nSPS) is 12.0. The maximum Gasteiger partial charge on any atom is 0.340 e. The fourth-order valence-electron chi connectivity index (χ4n) is 1.98. The number of carbonyl (C=O) groups is 1. The van der Waals surface area contributed by atoms with E-state index in [1.54, 1.807) is 18.5 Å². The van der Waals surface area contributed by atoms with Crippen LogP contribution in [0.15, 0.2) is 42.7 Å². The lowest BCUT2D eigenvalue weighted by Gasteiger charge is -2.14. The van der Waals surface area contributed by atoms with Gasteiger partial charge in [-0.05, 0) is 42.3 Å². The van der Waals surface area contributed by atoms with Gasteiger partial charge < -0.3 is 10.1 Å². The molecule has 0 aliphatic rings. The number of hydrogen-bond acceptors (Lipinski definition) is 4. The molecule has 0 bridgehead atoms. The molecule has 5 heteroatoms. The van der Waals surface area contributed by atoms with Crippen molar-refractivity contribution < 1.29 is 13.9 Å². The predicted octanol–water partition coefficient (Wildman–Crippen LogP) is 2.86. The minimum atomic E-state index is -0.669. The van der Waals surface area contributed by atoms with Crippen LogP contribution in [0.25, 0.3) is 0 Å². The fourth-order valence-corrected chi connectivity index (χ4v) is 1.98. The molecular formula is C16H17FN2O2. The summed E-state index contributed by atoms with van der Waals surface area (Å²) in [6.45, 7) is 2.52. The number of rotatable bonds is 5. The second-order valence-corrected chi connectivity index (χ2v) is 4.69. The molecule has 1 atom stereocenters. The van der Waals surface area contributed by atoms with Gasteiger partial charge in [-0.25, -0.2) is 9.18 Å². The average molecular weight is 288 g/mol. The number of halogens is 1. The molecule has 21 heavy (non-hydrogen) atoms. The number of carbonyl (C=O) groups excluding carboxylic acids is 1. The van der Waals surface area contributed by atoms with Gasteiger partial charge in [0.1, 0.15) is 5.82 Å². The van der Waals surface area contributed by atoms with Crippen molar-refractivity contribution in [3.8, 4) is 0 Å². The van der Waals surface area contributed by atoms with E-state index in [9.17, 15) is 9.18 Å². The van der Waals surface area contributed by atoms with Crippen LogP contribution >= 0.6 is 0 Å². The SMILES string of the molecule is COC(=O)c1ccc(CN[C@@H](C)c2ccncc2)cc1F. The lowest BCUT2D eigenvalue weighted by atomic mass is 10.1. The first-order valence-electron chi connectivity index (χ1n) is 6.62. The molecule has 0 saturated heterocycles. The molecule has 110 valence electrons. The number of esters is 1. The van der Waals surface area contributed by atoms with E-state index < -0.39 is 11.8 Å². The Kier molecular flexibility index (Phi) is 5.00. The van der Waals surface area contributed by atoms with E-state index in [2.05, 4.69) is 15.0 Å². The monoisotopic (exact) mass is 288 g/mol. The van der Waals surface area contributed by atoms with Gasteiger partial charge in [-0.15, -0.1) is 0 Å². The quantitative estimate of drug-likeness (QED) is 0.860. The number of nitrogens with one attached hydrogen (secondary N) is 1. The highest BCUT2D eigenvalue weighted by Gasteiger charge is 2.12. The molecule has 2 aromatic rings. The van der Waals surface area contributed by atoms with Gasteiger partial charge in [0.15, 0.2) is 0 Å². The summed E-state index contributed by atoms with van der Waals surface area (Å²) in [7, 11) is 1.23. The Morgan fingerprint density at radius 3 is 2.67 bits per heavy atom. The van der Waals surface area contributed by atoms with Crippen LogP contribution in [-0.2, 0) is 11.3 Å². The Labute approximate surface area is 123 Å². The molecule has 0 radical (unpaired) electrons. The van der Waals surface area contributed by atoms with Crippen molar-refractivity contribution in [2.45, 2.75) is 19.5 Å². The zero-order chi connectivity index (χ0) is 15.2. The number of nitrogens with zero attached hydrogens (tertiary/aromatic N) is 1. The molecule has 0 unspecified atom stereocenters. The van der Waals surface area contributed by atoms with Crippen LogP contribution < -0.4 is 5.32 Å². The zero-order valence-electron chi connectivity index (χ0n) is 12.0. The summed E-state index contributed by atoms with van der Waals surface area (Å²) < 4.78 is 18.3. The predicted molar refractivity (Wildman–Crippen MR) is 77.2 cm³/mol. The summed E-state index contributed by atoms with van der Waals surface area (Å²) in [6.07, 6.45) is 3.47. The van der Waals surface area contributed by atoms with E-state index in [1.807, 2.05) is 19.1 Å². The zero-order valence-corrected chi connectivity index (χ0v) is 12.0. The third-order valence-corrected chi connectivity index (χ3v) is 3.26. The third-order valence-electron chi connectivity index (χ3n) is 3.26. The van der Waals surface area contributed by atoms with Crippen molar-refractivity contribution >= 4 is 5.97 Å². The van der Waals surface area contributed by atoms with Crippen molar-refractivity contribution in [2.24, 2.45) is 0 Å². The van der Waals surface area contributed by atoms with Crippen LogP contribution in [0.4, 0.5) is 4.39 Å². The standard InChI is InChI=1S/C16H17FN2O2/c1-11(13-5-7-18-8-6-13)19-10-12-3-4-14(15(17)9-12)16(20)21-2/h3-9,11,19H,10H2,1-2H3/t11-/m0/s1. The second-order valence-electron chi connectivity index (χ2n) is 4.69. The van der Waals surface area contributed by atoms with Crippen molar-refractivity contribution in [2.75, 3.05) is 7.11 Å². The van der Waals surface area contributed by atoms with Crippen LogP contribution in [-0.4, -0.2) is 18.1 Å². The van der Waals surface area contributed by atoms with E-state index >= 15 is 0 Å². The Morgan fingerprint density at radius 1 is 1.33 bits per heavy atom. The van der Waals surface area contributed by atoms with Crippen LogP contribution in [0.3, 0.4) is 0 Å². The topological polar surface area (TPSA) is 51.2 Å². The Balaban J connectivity index is 2.01. The number of pyridine rings is 1. The minimum absolute atomic E-state index is 0.0524. The van der Waals surface area contributed by atoms with Gasteiger partial charge in [-0.1, -0.05) is 6.07 Å². The van der Waals surface area contributed by atoms with E-state index in [4.69, 9.17) is 0 Å². The van der Waals surface area contributed by atoms with Crippen LogP contribution in [0.1, 0.15) is 34.5 Å². The molecular weight excluding hydrogens is 271 g/mol. The lowest BCUT2D eigenvalue weighted by Crippen LogP contribution is -2.18. The number of aromatic nitrogens is 1. The second kappa shape index (κ2) is 6.95. The van der Waals surface area contributed by atoms with Gasteiger partial charge in [0.05, 0.1) is 12.7 Å². The molecule has 1 N–H and O–H groups in total. The fraction of sp³-hybridized carbons (Fsp3) is 0.250. The molecule has 0 amide bonds. The van der Waals surface area contributed by atoms with E-state index in [0.717, 1.165) is 11.1 Å². The van der Waals surface area contributed by atoms with Gasteiger partial charge in [0.2, 0.25) is 0 Å². The molecule has 0 aliphatic carbocycles. The van der Waals surface area contributed by atoms with Gasteiger partial charge in [0.25, 0.3) is 0 Å². The van der Waals surface area contributed by atoms with Crippen LogP contribution in [0.2, 0.25) is 0 Å². The number of ether oxygens (including phenoxy) is 1. The minimum Gasteiger partial charge on any atom is -0.465 e. The van der Waals surface area contributed by atoms with Gasteiger partial charge >= 0.3 is 5.97 Å². The molecule has 0 saturated carbocycles. The highest BCUT2D eigenvalue weighted by molar-refractivity contribution is 5.89. The summed E-state index contributed by atoms with van der Waals surface area (Å²) in [5.74, 6) is -1.24. The summed E-state index contributed by atoms with van der Waals surface area (Å²) in [4.78, 5) is 15.3. The summed E-state index contributed by atoms with van der Waals surface area (Å²) >= 11 is 0. The summed E-state index contributed by atoms with van der Waals surface area (Å²) in [5, 5.41) is 3.29. The largest absolute Gasteiger partial charge is 0.465 e. The third kappa shape index (κ3) is 3.86. The van der Waals surface area contributed by atoms with E-state index in [-0.39, 0.29) is 11.6 Å². The maximum atomic E-state index is 13.8. The maximum absolute atomic E-state index is 13.8. The highest BCUT2D eigenvalue weighted by Crippen LogP contribution is 2.14. The molecule has 4 nitrogen and oxygen atoms in total. The first-order chi connectivity index (χ1) is 10.1. The van der Waals surface area contributed by atoms with Crippen molar-refractivity contribution in [1.29, 1.82) is 0 Å². The smallest absolute Gasteiger partial charge is 0.340 e. The molecule has 0 fully saturated rings. The lowest BCUT2D eigenvalue weighted by molar-refractivity contribution is 0.0595. The summed E-state index contributed by atoms with van der Waals surface area (Å²) in [5.41, 5.74) is 1.82. The summed E-state index contributed by atoms with van der Waals surface area (Å²) in [6, 6.07) is 8.48. The molecule has 1 aromatic heterocycles. The number of methoxy groups -OCH3 is 1. The molecule has 1 heterocycles. The first kappa shape index (κ1) is 15.1. The highest BCUT2D eigenvalue weighted by atomic mass is 19.1. The average Bonchev–Trinajstić information content (AvgIpc) is 2.52. The van der Waals surface area contributed by atoms with Crippen molar-refractivity contribution in [3.05, 3.63) is 65.2 Å². The Morgan fingerprint density at radius 2 is 2.05 bits per heavy atom. The van der Waals surface area contributed by atoms with Gasteiger partial charge in [0, 0.05) is 25.0 Å². The van der Waals surface area contributed by atoms with Crippen molar-refractivity contribution in [3.63, 3.8) is 0 Å². The number of hydrogen-bond donors (Lipinski definition) is 1. The first-order valence-corrected chi connectivity index (χ1v) is 6.62. The molecule has 2 rings (SSSR count). The Bertz CT molecular complexity index is 617. The molecule has 0 aliphatic heterocycles. The van der Waals surface area contributed by atoms with Crippen LogP contribution in [0.5, 0.6) is 0 Å². The van der Waals surface area contributed by atoms with Gasteiger partial charge in [-0.3, -0.25) is 4.98 Å². The van der Waals surface area contributed by atoms with Gasteiger partial charge in [-0.2, -0.15) is 0 Å².